The zero-order valence-corrected chi connectivity index (χ0v) is 58.7. The summed E-state index contributed by atoms with van der Waals surface area (Å²) in [4.78, 5) is 68.3. The fraction of sp³-hybridized carbons (Fsp3) is 0.789. The number of aliphatic hydroxyl groups is 11. The van der Waals surface area contributed by atoms with Gasteiger partial charge < -0.3 is 118 Å². The van der Waals surface area contributed by atoms with Gasteiger partial charge in [-0.2, -0.15) is 0 Å². The highest BCUT2D eigenvalue weighted by atomic mass is 16.8. The molecule has 8 fully saturated rings. The Labute approximate surface area is 580 Å². The van der Waals surface area contributed by atoms with Crippen LogP contribution in [-0.4, -0.2) is 260 Å². The van der Waals surface area contributed by atoms with Crippen molar-refractivity contribution in [1.82, 2.24) is 0 Å². The van der Waals surface area contributed by atoms with Crippen molar-refractivity contribution in [1.29, 1.82) is 0 Å². The maximum atomic E-state index is 14.9. The van der Waals surface area contributed by atoms with Gasteiger partial charge in [-0.3, -0.25) is 9.59 Å². The quantitative estimate of drug-likeness (QED) is 0.0303. The van der Waals surface area contributed by atoms with Gasteiger partial charge in [0.15, 0.2) is 43.5 Å². The second-order valence-corrected chi connectivity index (χ2v) is 31.2. The van der Waals surface area contributed by atoms with Crippen LogP contribution in [0.15, 0.2) is 53.6 Å². The number of hydrogen-bond donors (Lipinski definition) is 12. The SMILES string of the molecule is C/C=C(/C)C(=O)O[C@@H]1CO[C@H](O[C@H]2[C@H](C(=O)OC)[C@]3(CO)[C@H](O)C[C@]4(C)C(=CC[C@@H]5[C@@]6(C)CC[C@H](O[C@@H]7O[C@H](C(=O)O)[C@@H](O)[C@H](O[C@@H]8OC[C@@H](O)[C@H](O)[C@H]8O)[C@H]7O[C@@H]7O[C@H](CO)[C@H](O)[C@H](O)[C@H]7O)C(C)(C)[C@@H]6CC[C@]54C)[C@@H]3CC2(C)C)[C@@H](O)[C@@H]1OC(=O)C(C)C(C)OC(=O)c1ccccc1. The van der Waals surface area contributed by atoms with Gasteiger partial charge in [0.05, 0.1) is 69.2 Å². The third-order valence-corrected chi connectivity index (χ3v) is 25.1. The number of esters is 4. The van der Waals surface area contributed by atoms with Crippen molar-refractivity contribution in [2.45, 2.75) is 256 Å². The first-order valence-electron chi connectivity index (χ1n) is 34.8. The highest BCUT2D eigenvalue weighted by Crippen LogP contribution is 2.76. The highest BCUT2D eigenvalue weighted by Gasteiger charge is 2.74. The van der Waals surface area contributed by atoms with Crippen LogP contribution in [0.1, 0.15) is 131 Å². The van der Waals surface area contributed by atoms with Gasteiger partial charge in [0.25, 0.3) is 0 Å². The van der Waals surface area contributed by atoms with Crippen LogP contribution in [0.2, 0.25) is 0 Å². The number of fused-ring (bicyclic) bond motifs is 7. The van der Waals surface area contributed by atoms with Crippen LogP contribution < -0.4 is 0 Å². The lowest BCUT2D eigenvalue weighted by Crippen LogP contribution is -2.72. The number of aliphatic hydroxyl groups excluding tert-OH is 11. The van der Waals surface area contributed by atoms with Crippen molar-refractivity contribution in [2.75, 3.05) is 33.5 Å². The molecule has 0 amide bonds. The van der Waals surface area contributed by atoms with Crippen molar-refractivity contribution in [3.63, 3.8) is 0 Å². The number of rotatable bonds is 19. The maximum Gasteiger partial charge on any atom is 0.338 e. The maximum absolute atomic E-state index is 14.9. The molecule has 1 aromatic carbocycles. The van der Waals surface area contributed by atoms with Crippen LogP contribution in [0.5, 0.6) is 0 Å². The molecule has 29 heteroatoms. The van der Waals surface area contributed by atoms with E-state index < -0.39 is 242 Å². The van der Waals surface area contributed by atoms with E-state index in [4.69, 9.17) is 56.8 Å². The topological polar surface area (TPSA) is 439 Å². The number of benzene rings is 1. The molecule has 4 saturated carbocycles. The number of carboxylic acid groups (broad SMARTS) is 1. The number of carboxylic acids is 1. The number of carbonyl (C=O) groups is 5. The molecule has 29 nitrogen and oxygen atoms in total. The van der Waals surface area contributed by atoms with E-state index in [2.05, 4.69) is 26.8 Å². The van der Waals surface area contributed by atoms with Crippen molar-refractivity contribution in [2.24, 2.45) is 62.1 Å². The summed E-state index contributed by atoms with van der Waals surface area (Å²) in [7, 11) is 1.19. The average molecular weight is 1420 g/mol. The second-order valence-electron chi connectivity index (χ2n) is 31.2. The van der Waals surface area contributed by atoms with Crippen molar-refractivity contribution >= 4 is 29.8 Å². The molecule has 100 heavy (non-hydrogen) atoms. The predicted octanol–water partition coefficient (Wildman–Crippen LogP) is 1.10. The van der Waals surface area contributed by atoms with Crippen LogP contribution >= 0.6 is 0 Å². The minimum Gasteiger partial charge on any atom is -0.479 e. The molecule has 9 aliphatic rings. The highest BCUT2D eigenvalue weighted by molar-refractivity contribution is 5.90. The Kier molecular flexibility index (Phi) is 23.1. The van der Waals surface area contributed by atoms with E-state index in [0.29, 0.717) is 32.1 Å². The second kappa shape index (κ2) is 29.7. The Hall–Kier alpha value is -4.71. The van der Waals surface area contributed by atoms with E-state index in [1.54, 1.807) is 37.3 Å². The molecule has 0 aromatic heterocycles. The largest absolute Gasteiger partial charge is 0.479 e. The normalized spacial score (nSPS) is 45.2. The molecule has 12 N–H and O–H groups in total. The van der Waals surface area contributed by atoms with Gasteiger partial charge >= 0.3 is 29.8 Å². The summed E-state index contributed by atoms with van der Waals surface area (Å²) in [5, 5.41) is 135. The Balaban J connectivity index is 0.919. The van der Waals surface area contributed by atoms with E-state index in [1.165, 1.54) is 34.0 Å². The molecule has 4 aliphatic heterocycles. The molecule has 4 saturated heterocycles. The fourth-order valence-electron chi connectivity index (χ4n) is 18.8. The van der Waals surface area contributed by atoms with Crippen LogP contribution in [0.4, 0.5) is 0 Å². The molecule has 0 spiro atoms. The summed E-state index contributed by atoms with van der Waals surface area (Å²) >= 11 is 0. The minimum absolute atomic E-state index is 0.0765. The summed E-state index contributed by atoms with van der Waals surface area (Å²) in [6.07, 6.45) is -30.6. The van der Waals surface area contributed by atoms with Gasteiger partial charge in [0, 0.05) is 11.0 Å². The fourth-order valence-corrected chi connectivity index (χ4v) is 18.8. The Bertz CT molecular complexity index is 3160. The van der Waals surface area contributed by atoms with Crippen LogP contribution in [0.3, 0.4) is 0 Å². The summed E-state index contributed by atoms with van der Waals surface area (Å²) < 4.78 is 72.6. The molecule has 1 aromatic rings. The molecule has 5 aliphatic carbocycles. The van der Waals surface area contributed by atoms with Crippen molar-refractivity contribution < 1.29 is 142 Å². The number of allylic oxidation sites excluding steroid dienone is 3. The lowest BCUT2D eigenvalue weighted by Gasteiger charge is -2.73. The first kappa shape index (κ1) is 77.9. The third-order valence-electron chi connectivity index (χ3n) is 25.1. The number of aliphatic carboxylic acids is 1. The van der Waals surface area contributed by atoms with Gasteiger partial charge in [-0.1, -0.05) is 84.4 Å². The summed E-state index contributed by atoms with van der Waals surface area (Å²) in [5.74, 6) is -8.30. The number of ether oxygens (including phenoxy) is 12. The summed E-state index contributed by atoms with van der Waals surface area (Å²) in [5.41, 5.74) is -3.93. The lowest BCUT2D eigenvalue weighted by atomic mass is 9.32. The predicted molar refractivity (Wildman–Crippen MR) is 343 cm³/mol. The molecular weight excluding hydrogens is 1320 g/mol. The molecule has 10 rings (SSSR count). The average Bonchev–Trinajstić information content (AvgIpc) is 0.668. The lowest BCUT2D eigenvalue weighted by molar-refractivity contribution is -0.392. The summed E-state index contributed by atoms with van der Waals surface area (Å²) in [6.45, 7) is 18.0. The summed E-state index contributed by atoms with van der Waals surface area (Å²) in [6, 6.07) is 8.16. The Morgan fingerprint density at radius 1 is 0.690 bits per heavy atom. The molecular formula is C71H104O29. The Morgan fingerprint density at radius 3 is 1.98 bits per heavy atom. The van der Waals surface area contributed by atoms with E-state index in [9.17, 15) is 85.3 Å². The third kappa shape index (κ3) is 13.5. The van der Waals surface area contributed by atoms with E-state index in [0.717, 1.165) is 5.57 Å². The number of hydrogen-bond acceptors (Lipinski definition) is 28. The molecule has 562 valence electrons. The zero-order valence-electron chi connectivity index (χ0n) is 58.7. The molecule has 0 radical (unpaired) electrons. The standard InChI is InChI=1S/C71H104O29/c1-13-31(2)58(85)93-39-29-91-63(51(82)52(39)96-59(86)32(3)33(4)92-60(87)34-17-15-14-16-18-34)100-56-44(61(88)89-12)71(30-73)36(25-66(56,5)6)35-19-20-41-68(9)23-22-43(67(7,8)40(68)21-24-69(41,10)70(35,11)26-42(71)75)95-65-55(99-64-49(80)47(78)46(77)38(27-72)94-64)53(50(81)54(98-65)57(83)84)97-62-48(79)45(76)37(74)28-90-62/h13-19,32-33,36-56,62-65,72-82H,20-30H2,1-12H3,(H,83,84)/b31-13-/t32?,33?,36-,37+,38+,39+,40-,41+,42+,43-,44+,45-,46-,47-,48+,49+,50-,51-,52+,53-,54-,55+,56-,62-,63+,64-,65+,68-,69+,70+,71-/m0/s1. The van der Waals surface area contributed by atoms with Gasteiger partial charge in [0.2, 0.25) is 0 Å². The first-order valence-corrected chi connectivity index (χ1v) is 34.8. The number of methoxy groups -OCH3 is 1. The van der Waals surface area contributed by atoms with Gasteiger partial charge in [-0.15, -0.1) is 0 Å². The first-order chi connectivity index (χ1) is 46.9. The van der Waals surface area contributed by atoms with Crippen LogP contribution in [-0.2, 0) is 76.0 Å². The molecule has 2 unspecified atom stereocenters. The van der Waals surface area contributed by atoms with Gasteiger partial charge in [0.1, 0.15) is 73.2 Å². The number of carbonyl (C=O) groups excluding carboxylic acids is 4. The van der Waals surface area contributed by atoms with Crippen LogP contribution in [0, 0.1) is 62.1 Å². The van der Waals surface area contributed by atoms with Gasteiger partial charge in [-0.25, -0.2) is 14.4 Å². The smallest absolute Gasteiger partial charge is 0.338 e. The Morgan fingerprint density at radius 2 is 1.34 bits per heavy atom. The molecule has 4 heterocycles. The van der Waals surface area contributed by atoms with Crippen molar-refractivity contribution in [3.05, 3.63) is 59.2 Å². The van der Waals surface area contributed by atoms with Crippen LogP contribution in [0.25, 0.3) is 0 Å². The van der Waals surface area contributed by atoms with E-state index >= 15 is 0 Å². The monoisotopic (exact) mass is 1420 g/mol. The van der Waals surface area contributed by atoms with E-state index in [1.807, 2.05) is 27.7 Å². The molecule has 31 atom stereocenters. The zero-order chi connectivity index (χ0) is 73.4. The molecule has 0 bridgehead atoms. The van der Waals surface area contributed by atoms with Crippen molar-refractivity contribution in [3.8, 4) is 0 Å². The minimum atomic E-state index is -2.15. The van der Waals surface area contributed by atoms with E-state index in [-0.39, 0.29) is 35.8 Å². The van der Waals surface area contributed by atoms with Gasteiger partial charge in [-0.05, 0) is 130 Å².